The van der Waals surface area contributed by atoms with Gasteiger partial charge in [-0.15, -0.1) is 12.4 Å². The molecule has 1 amide bonds. The van der Waals surface area contributed by atoms with Crippen molar-refractivity contribution in [2.75, 3.05) is 13.1 Å². The van der Waals surface area contributed by atoms with Crippen molar-refractivity contribution in [3.05, 3.63) is 47.3 Å². The highest BCUT2D eigenvalue weighted by molar-refractivity contribution is 5.85. The van der Waals surface area contributed by atoms with Gasteiger partial charge in [0.1, 0.15) is 11.4 Å². The second-order valence-electron chi connectivity index (χ2n) is 8.36. The van der Waals surface area contributed by atoms with Crippen molar-refractivity contribution in [1.29, 1.82) is 0 Å². The van der Waals surface area contributed by atoms with Gasteiger partial charge in [-0.1, -0.05) is 12.1 Å². The van der Waals surface area contributed by atoms with Gasteiger partial charge in [-0.05, 0) is 44.9 Å². The molecule has 2 N–H and O–H groups in total. The third kappa shape index (κ3) is 5.49. The molecule has 1 aliphatic heterocycles. The van der Waals surface area contributed by atoms with Gasteiger partial charge in [0.2, 0.25) is 5.91 Å². The molecular formula is C21H31ClN4O2. The van der Waals surface area contributed by atoms with E-state index in [9.17, 15) is 4.79 Å². The summed E-state index contributed by atoms with van der Waals surface area (Å²) in [5.74, 6) is 0.959. The average Bonchev–Trinajstić information content (AvgIpc) is 3.20. The van der Waals surface area contributed by atoms with Crippen LogP contribution in [0.4, 0.5) is 0 Å². The number of aromatic nitrogens is 2. The Morgan fingerprint density at radius 2 is 2.11 bits per heavy atom. The molecule has 1 saturated heterocycles. The summed E-state index contributed by atoms with van der Waals surface area (Å²) in [6, 6.07) is 6.11. The second kappa shape index (κ2) is 8.97. The van der Waals surface area contributed by atoms with Crippen molar-refractivity contribution in [1.82, 2.24) is 20.4 Å². The fraction of sp³-hybridized carbons (Fsp3) is 0.524. The summed E-state index contributed by atoms with van der Waals surface area (Å²) in [4.78, 5) is 12.9. The molecule has 1 fully saturated rings. The van der Waals surface area contributed by atoms with Crippen molar-refractivity contribution < 1.29 is 9.53 Å². The third-order valence-corrected chi connectivity index (χ3v) is 4.80. The lowest BCUT2D eigenvalue weighted by Crippen LogP contribution is -2.34. The molecule has 3 rings (SSSR count). The number of hydrogen-bond donors (Lipinski definition) is 2. The summed E-state index contributed by atoms with van der Waals surface area (Å²) >= 11 is 0. The maximum absolute atomic E-state index is 12.9. The molecule has 1 aromatic heterocycles. The predicted octanol–water partition coefficient (Wildman–Crippen LogP) is 2.95. The van der Waals surface area contributed by atoms with Crippen LogP contribution in [0.25, 0.3) is 0 Å². The van der Waals surface area contributed by atoms with E-state index in [0.717, 1.165) is 29.0 Å². The molecular weight excluding hydrogens is 376 g/mol. The molecule has 0 bridgehead atoms. The van der Waals surface area contributed by atoms with E-state index in [-0.39, 0.29) is 35.8 Å². The average molecular weight is 407 g/mol. The lowest BCUT2D eigenvalue weighted by molar-refractivity contribution is -0.125. The molecule has 6 nitrogen and oxygen atoms in total. The molecule has 7 heteroatoms. The molecule has 154 valence electrons. The Bertz CT molecular complexity index is 813. The van der Waals surface area contributed by atoms with Crippen molar-refractivity contribution in [2.45, 2.75) is 45.8 Å². The highest BCUT2D eigenvalue weighted by Gasteiger charge is 2.34. The minimum absolute atomic E-state index is 0. The van der Waals surface area contributed by atoms with E-state index in [1.807, 2.05) is 65.3 Å². The Morgan fingerprint density at radius 1 is 1.36 bits per heavy atom. The maximum Gasteiger partial charge on any atom is 0.225 e. The molecule has 0 aliphatic carbocycles. The number of carbonyl (C=O) groups excluding carboxylic acids is 1. The quantitative estimate of drug-likeness (QED) is 0.801. The van der Waals surface area contributed by atoms with Gasteiger partial charge < -0.3 is 15.4 Å². The smallest absolute Gasteiger partial charge is 0.225 e. The summed E-state index contributed by atoms with van der Waals surface area (Å²) in [5, 5.41) is 10.7. The molecule has 0 saturated carbocycles. The molecule has 0 spiro atoms. The monoisotopic (exact) mass is 406 g/mol. The van der Waals surface area contributed by atoms with E-state index < -0.39 is 0 Å². The number of benzene rings is 1. The van der Waals surface area contributed by atoms with Gasteiger partial charge in [0, 0.05) is 44.4 Å². The largest absolute Gasteiger partial charge is 0.488 e. The summed E-state index contributed by atoms with van der Waals surface area (Å²) in [6.07, 6.45) is 3.85. The van der Waals surface area contributed by atoms with Crippen LogP contribution in [0, 0.1) is 12.8 Å². The van der Waals surface area contributed by atoms with Crippen LogP contribution >= 0.6 is 12.4 Å². The maximum atomic E-state index is 12.9. The zero-order chi connectivity index (χ0) is 19.6. The summed E-state index contributed by atoms with van der Waals surface area (Å²) in [6.45, 7) is 10.1. The van der Waals surface area contributed by atoms with E-state index in [2.05, 4.69) is 15.7 Å². The van der Waals surface area contributed by atoms with E-state index in [1.165, 1.54) is 0 Å². The molecule has 1 aliphatic rings. The molecule has 2 atom stereocenters. The number of carbonyl (C=O) groups is 1. The molecule has 0 unspecified atom stereocenters. The summed E-state index contributed by atoms with van der Waals surface area (Å²) in [7, 11) is 1.90. The lowest BCUT2D eigenvalue weighted by Gasteiger charge is -2.24. The van der Waals surface area contributed by atoms with Crippen LogP contribution in [0.5, 0.6) is 5.75 Å². The molecule has 28 heavy (non-hydrogen) atoms. The first-order valence-electron chi connectivity index (χ1n) is 9.48. The van der Waals surface area contributed by atoms with Gasteiger partial charge in [0.05, 0.1) is 12.1 Å². The first kappa shape index (κ1) is 22.2. The molecule has 2 heterocycles. The van der Waals surface area contributed by atoms with Crippen LogP contribution in [0.1, 0.15) is 43.4 Å². The van der Waals surface area contributed by atoms with E-state index in [0.29, 0.717) is 13.1 Å². The predicted molar refractivity (Wildman–Crippen MR) is 113 cm³/mol. The minimum atomic E-state index is -0.284. The van der Waals surface area contributed by atoms with Crippen LogP contribution < -0.4 is 15.4 Å². The number of hydrogen-bond acceptors (Lipinski definition) is 4. The van der Waals surface area contributed by atoms with Crippen LogP contribution in [0.15, 0.2) is 30.6 Å². The summed E-state index contributed by atoms with van der Waals surface area (Å²) < 4.78 is 7.87. The fourth-order valence-corrected chi connectivity index (χ4v) is 3.48. The highest BCUT2D eigenvalue weighted by atomic mass is 35.5. The van der Waals surface area contributed by atoms with Gasteiger partial charge in [0.15, 0.2) is 0 Å². The number of halogens is 1. The van der Waals surface area contributed by atoms with Crippen molar-refractivity contribution in [2.24, 2.45) is 13.0 Å². The minimum Gasteiger partial charge on any atom is -0.488 e. The zero-order valence-corrected chi connectivity index (χ0v) is 18.1. The highest BCUT2D eigenvalue weighted by Crippen LogP contribution is 2.29. The molecule has 0 radical (unpaired) electrons. The van der Waals surface area contributed by atoms with Crippen molar-refractivity contribution in [3.8, 4) is 5.75 Å². The van der Waals surface area contributed by atoms with Gasteiger partial charge in [-0.2, -0.15) is 5.10 Å². The Kier molecular flexibility index (Phi) is 7.12. The number of nitrogens with zero attached hydrogens (tertiary/aromatic N) is 2. The van der Waals surface area contributed by atoms with Crippen molar-refractivity contribution in [3.63, 3.8) is 0 Å². The SMILES string of the molecule is Cc1ccc(CNC(=O)[C@H]2CNC[C@@H]2c2cnn(C)c2)c(OC(C)(C)C)c1.Cl. The summed E-state index contributed by atoms with van der Waals surface area (Å²) in [5.41, 5.74) is 2.95. The topological polar surface area (TPSA) is 68.2 Å². The van der Waals surface area contributed by atoms with E-state index in [4.69, 9.17) is 4.74 Å². The van der Waals surface area contributed by atoms with E-state index in [1.54, 1.807) is 4.68 Å². The zero-order valence-electron chi connectivity index (χ0n) is 17.3. The Balaban J connectivity index is 0.00000280. The lowest BCUT2D eigenvalue weighted by atomic mass is 9.90. The van der Waals surface area contributed by atoms with Gasteiger partial charge in [0.25, 0.3) is 0 Å². The second-order valence-corrected chi connectivity index (χ2v) is 8.36. The third-order valence-electron chi connectivity index (χ3n) is 4.80. The van der Waals surface area contributed by atoms with Crippen LogP contribution in [-0.2, 0) is 18.4 Å². The Labute approximate surface area is 173 Å². The fourth-order valence-electron chi connectivity index (χ4n) is 3.48. The van der Waals surface area contributed by atoms with Gasteiger partial charge in [-0.25, -0.2) is 0 Å². The van der Waals surface area contributed by atoms with Crippen LogP contribution in [0.2, 0.25) is 0 Å². The number of aryl methyl sites for hydroxylation is 2. The number of ether oxygens (including phenoxy) is 1. The van der Waals surface area contributed by atoms with Crippen molar-refractivity contribution >= 4 is 18.3 Å². The normalized spacial score (nSPS) is 19.2. The van der Waals surface area contributed by atoms with Gasteiger partial charge in [-0.3, -0.25) is 9.48 Å². The molecule has 1 aromatic carbocycles. The number of nitrogens with one attached hydrogen (secondary N) is 2. The van der Waals surface area contributed by atoms with Crippen LogP contribution in [0.3, 0.4) is 0 Å². The number of rotatable bonds is 5. The first-order valence-corrected chi connectivity index (χ1v) is 9.48. The molecule has 2 aromatic rings. The van der Waals surface area contributed by atoms with E-state index >= 15 is 0 Å². The Morgan fingerprint density at radius 3 is 2.75 bits per heavy atom. The standard InChI is InChI=1S/C21H30N4O2.ClH/c1-14-6-7-15(19(8-14)27-21(2,3)4)9-23-20(26)18-12-22-11-17(18)16-10-24-25(5)13-16;/h6-8,10,13,17-18,22H,9,11-12H2,1-5H3,(H,23,26);1H/t17-,18+;/m1./s1. The Hall–Kier alpha value is -2.05. The number of amides is 1. The first-order chi connectivity index (χ1) is 12.7. The van der Waals surface area contributed by atoms with Crippen LogP contribution in [-0.4, -0.2) is 34.4 Å². The van der Waals surface area contributed by atoms with Gasteiger partial charge >= 0.3 is 0 Å².